The van der Waals surface area contributed by atoms with Gasteiger partial charge in [0, 0.05) is 35.2 Å². The fourth-order valence-corrected chi connectivity index (χ4v) is 3.36. The molecule has 0 radical (unpaired) electrons. The molecule has 1 heterocycles. The summed E-state index contributed by atoms with van der Waals surface area (Å²) >= 11 is 0. The van der Waals surface area contributed by atoms with Crippen LogP contribution < -0.4 is 0 Å². The average molecular weight is 326 g/mol. The van der Waals surface area contributed by atoms with Crippen LogP contribution in [0.4, 0.5) is 0 Å². The largest absolute Gasteiger partial charge is 0.395 e. The molecule has 0 unspecified atom stereocenters. The van der Waals surface area contributed by atoms with E-state index in [2.05, 4.69) is 40.7 Å². The van der Waals surface area contributed by atoms with Gasteiger partial charge in [-0.15, -0.1) is 0 Å². The first-order chi connectivity index (χ1) is 11.5. The zero-order valence-electron chi connectivity index (χ0n) is 14.7. The molecule has 0 atom stereocenters. The van der Waals surface area contributed by atoms with Gasteiger partial charge in [-0.2, -0.15) is 0 Å². The summed E-state index contributed by atoms with van der Waals surface area (Å²) in [6.45, 7) is 7.19. The predicted octanol–water partition coefficient (Wildman–Crippen LogP) is 3.04. The Morgan fingerprint density at radius 3 is 2.46 bits per heavy atom. The van der Waals surface area contributed by atoms with Crippen LogP contribution in [0.5, 0.6) is 0 Å². The minimum Gasteiger partial charge on any atom is -0.395 e. The van der Waals surface area contributed by atoms with Crippen LogP contribution in [0.3, 0.4) is 0 Å². The van der Waals surface area contributed by atoms with E-state index >= 15 is 0 Å². The van der Waals surface area contributed by atoms with E-state index in [0.29, 0.717) is 19.1 Å². The number of aromatic nitrogens is 1. The molecule has 128 valence electrons. The molecule has 0 bridgehead atoms. The molecular formula is C20H26N2O2. The number of carbonyl (C=O) groups excluding carboxylic acids is 1. The first-order valence-corrected chi connectivity index (χ1v) is 8.65. The fourth-order valence-electron chi connectivity index (χ4n) is 3.36. The minimum absolute atomic E-state index is 0.103. The Morgan fingerprint density at radius 1 is 1.21 bits per heavy atom. The van der Waals surface area contributed by atoms with Crippen LogP contribution in [0.1, 0.15) is 40.2 Å². The van der Waals surface area contributed by atoms with Crippen molar-refractivity contribution in [3.8, 4) is 5.69 Å². The van der Waals surface area contributed by atoms with Gasteiger partial charge in [-0.25, -0.2) is 0 Å². The van der Waals surface area contributed by atoms with Crippen molar-refractivity contribution in [3.63, 3.8) is 0 Å². The summed E-state index contributed by atoms with van der Waals surface area (Å²) < 4.78 is 2.14. The van der Waals surface area contributed by atoms with Crippen LogP contribution in [0.2, 0.25) is 0 Å². The molecular weight excluding hydrogens is 300 g/mol. The van der Waals surface area contributed by atoms with Crippen molar-refractivity contribution in [1.29, 1.82) is 0 Å². The highest BCUT2D eigenvalue weighted by Gasteiger charge is 2.30. The zero-order chi connectivity index (χ0) is 17.3. The zero-order valence-corrected chi connectivity index (χ0v) is 14.7. The van der Waals surface area contributed by atoms with Gasteiger partial charge >= 0.3 is 0 Å². The first kappa shape index (κ1) is 16.9. The third-order valence-electron chi connectivity index (χ3n) is 4.82. The van der Waals surface area contributed by atoms with Crippen LogP contribution in [-0.4, -0.2) is 46.1 Å². The van der Waals surface area contributed by atoms with Crippen LogP contribution >= 0.6 is 0 Å². The number of hydrogen-bond donors (Lipinski definition) is 1. The summed E-state index contributed by atoms with van der Waals surface area (Å²) in [7, 11) is 0. The molecule has 1 aromatic carbocycles. The minimum atomic E-state index is 0.103. The molecule has 0 aliphatic heterocycles. The number of nitrogens with zero attached hydrogens (tertiary/aromatic N) is 2. The van der Waals surface area contributed by atoms with Gasteiger partial charge in [-0.1, -0.05) is 17.7 Å². The standard InChI is InChI=1S/C20H26N2O2/c1-14-4-6-18(7-5-14)22-15(2)12-19(16(22)3)20(24)13-21(10-11-23)17-8-9-17/h4-7,12,17,23H,8-11,13H2,1-3H3. The van der Waals surface area contributed by atoms with E-state index in [0.717, 1.165) is 35.5 Å². The van der Waals surface area contributed by atoms with Crippen molar-refractivity contribution in [2.24, 2.45) is 0 Å². The maximum atomic E-state index is 12.8. The molecule has 1 saturated carbocycles. The van der Waals surface area contributed by atoms with Crippen LogP contribution in [0.15, 0.2) is 30.3 Å². The van der Waals surface area contributed by atoms with Crippen molar-refractivity contribution in [2.75, 3.05) is 19.7 Å². The SMILES string of the molecule is Cc1ccc(-n2c(C)cc(C(=O)CN(CCO)C3CC3)c2C)cc1. The summed E-state index contributed by atoms with van der Waals surface area (Å²) in [5, 5.41) is 9.21. The highest BCUT2D eigenvalue weighted by atomic mass is 16.3. The Morgan fingerprint density at radius 2 is 1.88 bits per heavy atom. The number of aliphatic hydroxyl groups excluding tert-OH is 1. The third kappa shape index (κ3) is 3.45. The number of aliphatic hydroxyl groups is 1. The molecule has 0 amide bonds. The number of rotatable bonds is 7. The van der Waals surface area contributed by atoms with Gasteiger partial charge in [0.15, 0.2) is 5.78 Å². The van der Waals surface area contributed by atoms with E-state index < -0.39 is 0 Å². The van der Waals surface area contributed by atoms with Gasteiger partial charge in [-0.05, 0) is 51.8 Å². The third-order valence-corrected chi connectivity index (χ3v) is 4.82. The Kier molecular flexibility index (Phi) is 4.88. The van der Waals surface area contributed by atoms with Gasteiger partial charge < -0.3 is 9.67 Å². The lowest BCUT2D eigenvalue weighted by Crippen LogP contribution is -2.34. The van der Waals surface area contributed by atoms with E-state index in [4.69, 9.17) is 0 Å². The lowest BCUT2D eigenvalue weighted by Gasteiger charge is -2.19. The average Bonchev–Trinajstić information content (AvgIpc) is 3.34. The molecule has 4 nitrogen and oxygen atoms in total. The van der Waals surface area contributed by atoms with Gasteiger partial charge in [0.25, 0.3) is 0 Å². The molecule has 2 aromatic rings. The van der Waals surface area contributed by atoms with Crippen LogP contribution in [0, 0.1) is 20.8 Å². The summed E-state index contributed by atoms with van der Waals surface area (Å²) in [6, 6.07) is 10.8. The first-order valence-electron chi connectivity index (χ1n) is 8.65. The number of benzene rings is 1. The van der Waals surface area contributed by atoms with Gasteiger partial charge in [0.05, 0.1) is 13.2 Å². The molecule has 4 heteroatoms. The molecule has 0 spiro atoms. The van der Waals surface area contributed by atoms with E-state index in [1.54, 1.807) is 0 Å². The van der Waals surface area contributed by atoms with E-state index in [1.165, 1.54) is 5.56 Å². The topological polar surface area (TPSA) is 45.5 Å². The van der Waals surface area contributed by atoms with Crippen molar-refractivity contribution < 1.29 is 9.90 Å². The molecule has 3 rings (SSSR count). The Balaban J connectivity index is 1.85. The second-order valence-electron chi connectivity index (χ2n) is 6.80. The molecule has 0 saturated heterocycles. The van der Waals surface area contributed by atoms with Gasteiger partial charge in [0.2, 0.25) is 0 Å². The van der Waals surface area contributed by atoms with Crippen molar-refractivity contribution in [1.82, 2.24) is 9.47 Å². The van der Waals surface area contributed by atoms with Crippen molar-refractivity contribution in [3.05, 3.63) is 52.8 Å². The lowest BCUT2D eigenvalue weighted by atomic mass is 10.1. The van der Waals surface area contributed by atoms with E-state index in [1.807, 2.05) is 19.9 Å². The van der Waals surface area contributed by atoms with E-state index in [-0.39, 0.29) is 12.4 Å². The Bertz CT molecular complexity index is 727. The van der Waals surface area contributed by atoms with Crippen molar-refractivity contribution >= 4 is 5.78 Å². The number of aryl methyl sites for hydroxylation is 2. The maximum absolute atomic E-state index is 12.8. The lowest BCUT2D eigenvalue weighted by molar-refractivity contribution is 0.0906. The number of carbonyl (C=O) groups is 1. The predicted molar refractivity (Wildman–Crippen MR) is 96.0 cm³/mol. The smallest absolute Gasteiger partial charge is 0.178 e. The quantitative estimate of drug-likeness (QED) is 0.796. The maximum Gasteiger partial charge on any atom is 0.178 e. The molecule has 1 aliphatic carbocycles. The fraction of sp³-hybridized carbons (Fsp3) is 0.450. The number of Topliss-reactive ketones (excluding diaryl/α,β-unsaturated/α-hetero) is 1. The van der Waals surface area contributed by atoms with Crippen LogP contribution in [-0.2, 0) is 0 Å². The summed E-state index contributed by atoms with van der Waals surface area (Å²) in [5.41, 5.74) is 5.16. The van der Waals surface area contributed by atoms with E-state index in [9.17, 15) is 9.90 Å². The molecule has 1 aliphatic rings. The highest BCUT2D eigenvalue weighted by molar-refractivity contribution is 5.99. The second-order valence-corrected chi connectivity index (χ2v) is 6.80. The Hall–Kier alpha value is -1.91. The monoisotopic (exact) mass is 326 g/mol. The van der Waals surface area contributed by atoms with Gasteiger partial charge in [-0.3, -0.25) is 9.69 Å². The molecule has 1 aromatic heterocycles. The number of hydrogen-bond acceptors (Lipinski definition) is 3. The number of ketones is 1. The highest BCUT2D eigenvalue weighted by Crippen LogP contribution is 2.27. The second kappa shape index (κ2) is 6.91. The Labute approximate surface area is 143 Å². The molecule has 1 fully saturated rings. The molecule has 1 N–H and O–H groups in total. The summed E-state index contributed by atoms with van der Waals surface area (Å²) in [4.78, 5) is 14.9. The normalized spacial score (nSPS) is 14.4. The van der Waals surface area contributed by atoms with Crippen LogP contribution in [0.25, 0.3) is 5.69 Å². The van der Waals surface area contributed by atoms with Crippen molar-refractivity contribution in [2.45, 2.75) is 39.7 Å². The van der Waals surface area contributed by atoms with Gasteiger partial charge in [0.1, 0.15) is 0 Å². The summed E-state index contributed by atoms with van der Waals surface area (Å²) in [5.74, 6) is 0.141. The molecule has 24 heavy (non-hydrogen) atoms. The summed E-state index contributed by atoms with van der Waals surface area (Å²) in [6.07, 6.45) is 2.27.